The molecule has 1 unspecified atom stereocenters. The highest BCUT2D eigenvalue weighted by atomic mass is 19.4. The molecule has 2 amide bonds. The van der Waals surface area contributed by atoms with Crippen LogP contribution in [0, 0.1) is 23.2 Å². The van der Waals surface area contributed by atoms with Gasteiger partial charge in [0.15, 0.2) is 0 Å². The number of amides is 2. The van der Waals surface area contributed by atoms with Crippen LogP contribution in [0.3, 0.4) is 0 Å². The second kappa shape index (κ2) is 8.18. The minimum Gasteiger partial charge on any atom is -0.342 e. The standard InChI is InChI=1S/C23H26F3N3O2/c24-23(25,26)19-8-4-3-5-16(19)15-9-12-29(13-15)21(31)18-7-2-1-6-17(18)20(30)28-22(14-27)10-11-22/h3-5,8,15,17-18H,1-2,6-7,9-13H2,(H,28,30)/t15?,17-,18+/m1/s1. The van der Waals surface area contributed by atoms with Crippen molar-refractivity contribution in [3.63, 3.8) is 0 Å². The fourth-order valence-electron chi connectivity index (χ4n) is 5.02. The number of halogens is 3. The molecule has 0 radical (unpaired) electrons. The smallest absolute Gasteiger partial charge is 0.342 e. The average Bonchev–Trinajstić information content (AvgIpc) is 3.36. The summed E-state index contributed by atoms with van der Waals surface area (Å²) in [6.07, 6.45) is 0.190. The molecule has 2 aliphatic carbocycles. The predicted octanol–water partition coefficient (Wildman–Crippen LogP) is 4.00. The molecule has 31 heavy (non-hydrogen) atoms. The molecule has 5 nitrogen and oxygen atoms in total. The molecule has 1 heterocycles. The maximum atomic E-state index is 13.4. The van der Waals surface area contributed by atoms with Gasteiger partial charge in [0.25, 0.3) is 0 Å². The summed E-state index contributed by atoms with van der Waals surface area (Å²) in [7, 11) is 0. The van der Waals surface area contributed by atoms with E-state index in [0.717, 1.165) is 18.9 Å². The van der Waals surface area contributed by atoms with E-state index in [4.69, 9.17) is 0 Å². The van der Waals surface area contributed by atoms with Crippen LogP contribution in [-0.2, 0) is 15.8 Å². The first-order chi connectivity index (χ1) is 14.7. The molecule has 1 saturated heterocycles. The monoisotopic (exact) mass is 433 g/mol. The van der Waals surface area contributed by atoms with Crippen molar-refractivity contribution >= 4 is 11.8 Å². The van der Waals surface area contributed by atoms with E-state index in [2.05, 4.69) is 11.4 Å². The molecule has 0 spiro atoms. The summed E-state index contributed by atoms with van der Waals surface area (Å²) < 4.78 is 40.2. The minimum atomic E-state index is -4.43. The maximum Gasteiger partial charge on any atom is 0.416 e. The lowest BCUT2D eigenvalue weighted by Crippen LogP contribution is -2.47. The first kappa shape index (κ1) is 21.7. The Labute approximate surface area is 179 Å². The molecule has 0 bridgehead atoms. The van der Waals surface area contributed by atoms with Gasteiger partial charge in [0, 0.05) is 30.8 Å². The fraction of sp³-hybridized carbons (Fsp3) is 0.609. The number of likely N-dealkylation sites (tertiary alicyclic amines) is 1. The van der Waals surface area contributed by atoms with Crippen molar-refractivity contribution in [2.24, 2.45) is 11.8 Å². The molecule has 3 fully saturated rings. The number of nitrogens with one attached hydrogen (secondary N) is 1. The Bertz CT molecular complexity index is 904. The van der Waals surface area contributed by atoms with Crippen LogP contribution in [0.2, 0.25) is 0 Å². The van der Waals surface area contributed by atoms with Gasteiger partial charge in [-0.3, -0.25) is 9.59 Å². The molecular formula is C23H26F3N3O2. The number of nitrogens with zero attached hydrogens (tertiary/aromatic N) is 2. The number of hydrogen-bond acceptors (Lipinski definition) is 3. The third-order valence-corrected chi connectivity index (χ3v) is 6.95. The van der Waals surface area contributed by atoms with Crippen LogP contribution in [0.5, 0.6) is 0 Å². The van der Waals surface area contributed by atoms with Gasteiger partial charge in [-0.25, -0.2) is 0 Å². The lowest BCUT2D eigenvalue weighted by molar-refractivity contribution is -0.143. The second-order valence-electron chi connectivity index (χ2n) is 9.04. The predicted molar refractivity (Wildman–Crippen MR) is 107 cm³/mol. The van der Waals surface area contributed by atoms with Gasteiger partial charge in [-0.2, -0.15) is 18.4 Å². The first-order valence-electron chi connectivity index (χ1n) is 10.9. The lowest BCUT2D eigenvalue weighted by atomic mass is 9.77. The largest absolute Gasteiger partial charge is 0.416 e. The molecule has 3 aliphatic rings. The Morgan fingerprint density at radius 1 is 1.10 bits per heavy atom. The van der Waals surface area contributed by atoms with Crippen molar-refractivity contribution in [1.82, 2.24) is 10.2 Å². The van der Waals surface area contributed by atoms with Crippen LogP contribution in [0.25, 0.3) is 0 Å². The topological polar surface area (TPSA) is 73.2 Å². The zero-order chi connectivity index (χ0) is 22.2. The second-order valence-corrected chi connectivity index (χ2v) is 9.04. The van der Waals surface area contributed by atoms with Crippen LogP contribution >= 0.6 is 0 Å². The molecule has 166 valence electrons. The summed E-state index contributed by atoms with van der Waals surface area (Å²) in [6, 6.07) is 7.70. The Kier molecular flexibility index (Phi) is 5.71. The number of carbonyl (C=O) groups excluding carboxylic acids is 2. The zero-order valence-electron chi connectivity index (χ0n) is 17.3. The summed E-state index contributed by atoms with van der Waals surface area (Å²) in [5.41, 5.74) is -1.19. The van der Waals surface area contributed by atoms with Crippen LogP contribution in [0.4, 0.5) is 13.2 Å². The van der Waals surface area contributed by atoms with Gasteiger partial charge in [-0.1, -0.05) is 31.0 Å². The van der Waals surface area contributed by atoms with Crippen LogP contribution in [-0.4, -0.2) is 35.3 Å². The molecule has 2 saturated carbocycles. The fourth-order valence-corrected chi connectivity index (χ4v) is 5.02. The summed E-state index contributed by atoms with van der Waals surface area (Å²) >= 11 is 0. The van der Waals surface area contributed by atoms with Crippen LogP contribution in [0.1, 0.15) is 62.0 Å². The van der Waals surface area contributed by atoms with E-state index in [0.29, 0.717) is 38.6 Å². The first-order valence-corrected chi connectivity index (χ1v) is 10.9. The lowest BCUT2D eigenvalue weighted by Gasteiger charge is -2.33. The van der Waals surface area contributed by atoms with E-state index >= 15 is 0 Å². The van der Waals surface area contributed by atoms with Crippen molar-refractivity contribution in [3.05, 3.63) is 35.4 Å². The number of hydrogen-bond donors (Lipinski definition) is 1. The normalized spacial score (nSPS) is 27.4. The molecule has 0 aromatic heterocycles. The van der Waals surface area contributed by atoms with Gasteiger partial charge < -0.3 is 10.2 Å². The Morgan fingerprint density at radius 3 is 2.42 bits per heavy atom. The highest BCUT2D eigenvalue weighted by Gasteiger charge is 2.48. The van der Waals surface area contributed by atoms with Crippen molar-refractivity contribution in [2.75, 3.05) is 13.1 Å². The molecule has 1 N–H and O–H groups in total. The third-order valence-electron chi connectivity index (χ3n) is 6.95. The van der Waals surface area contributed by atoms with Gasteiger partial charge in [-0.05, 0) is 43.7 Å². The molecule has 1 aromatic carbocycles. The average molecular weight is 433 g/mol. The third kappa shape index (κ3) is 4.41. The number of alkyl halides is 3. The van der Waals surface area contributed by atoms with E-state index < -0.39 is 29.1 Å². The van der Waals surface area contributed by atoms with E-state index in [1.807, 2.05) is 0 Å². The van der Waals surface area contributed by atoms with Gasteiger partial charge in [0.05, 0.1) is 11.6 Å². The Morgan fingerprint density at radius 2 is 1.77 bits per heavy atom. The summed E-state index contributed by atoms with van der Waals surface area (Å²) in [6.45, 7) is 0.627. The van der Waals surface area contributed by atoms with Gasteiger partial charge in [0.1, 0.15) is 5.54 Å². The van der Waals surface area contributed by atoms with E-state index in [1.54, 1.807) is 11.0 Å². The SMILES string of the molecule is N#CC1(NC(=O)[C@@H]2CCCC[C@@H]2C(=O)N2CCC(c3ccccc3C(F)(F)F)C2)CC1. The van der Waals surface area contributed by atoms with E-state index in [1.165, 1.54) is 12.1 Å². The van der Waals surface area contributed by atoms with Crippen LogP contribution in [0.15, 0.2) is 24.3 Å². The molecule has 4 rings (SSSR count). The molecule has 1 aromatic rings. The maximum absolute atomic E-state index is 13.4. The Hall–Kier alpha value is -2.56. The van der Waals surface area contributed by atoms with Crippen molar-refractivity contribution in [2.45, 2.75) is 62.6 Å². The summed E-state index contributed by atoms with van der Waals surface area (Å²) in [5, 5.41) is 12.1. The highest BCUT2D eigenvalue weighted by Crippen LogP contribution is 2.40. The van der Waals surface area contributed by atoms with Crippen molar-refractivity contribution in [1.29, 1.82) is 5.26 Å². The van der Waals surface area contributed by atoms with Gasteiger partial charge in [0.2, 0.25) is 11.8 Å². The van der Waals surface area contributed by atoms with Gasteiger partial charge in [-0.15, -0.1) is 0 Å². The Balaban J connectivity index is 1.46. The number of nitriles is 1. The van der Waals surface area contributed by atoms with E-state index in [-0.39, 0.29) is 29.8 Å². The number of carbonyl (C=O) groups is 2. The zero-order valence-corrected chi connectivity index (χ0v) is 17.3. The van der Waals surface area contributed by atoms with Crippen molar-refractivity contribution in [3.8, 4) is 6.07 Å². The van der Waals surface area contributed by atoms with E-state index in [9.17, 15) is 28.0 Å². The molecular weight excluding hydrogens is 407 g/mol. The van der Waals surface area contributed by atoms with Crippen LogP contribution < -0.4 is 5.32 Å². The van der Waals surface area contributed by atoms with Gasteiger partial charge >= 0.3 is 6.18 Å². The summed E-state index contributed by atoms with van der Waals surface area (Å²) in [5.74, 6) is -1.71. The summed E-state index contributed by atoms with van der Waals surface area (Å²) in [4.78, 5) is 27.7. The number of rotatable bonds is 4. The quantitative estimate of drug-likeness (QED) is 0.780. The number of benzene rings is 1. The molecule has 8 heteroatoms. The van der Waals surface area contributed by atoms with Crippen molar-refractivity contribution < 1.29 is 22.8 Å². The highest BCUT2D eigenvalue weighted by molar-refractivity contribution is 5.89. The molecule has 3 atom stereocenters. The molecule has 1 aliphatic heterocycles. The minimum absolute atomic E-state index is 0.145.